The summed E-state index contributed by atoms with van der Waals surface area (Å²) in [7, 11) is 1.58. The summed E-state index contributed by atoms with van der Waals surface area (Å²) in [6.07, 6.45) is 1.60. The lowest BCUT2D eigenvalue weighted by molar-refractivity contribution is 0.0940. The van der Waals surface area contributed by atoms with Crippen LogP contribution in [0.25, 0.3) is 10.9 Å². The number of para-hydroxylation sites is 2. The molecule has 0 radical (unpaired) electrons. The fourth-order valence-corrected chi connectivity index (χ4v) is 4.28. The lowest BCUT2D eigenvalue weighted by Gasteiger charge is -2.29. The van der Waals surface area contributed by atoms with Crippen molar-refractivity contribution in [3.8, 4) is 5.75 Å². The van der Waals surface area contributed by atoms with Gasteiger partial charge in [0, 0.05) is 11.6 Å². The molecular formula is C25H22N3O4S-. The molecule has 1 aromatic heterocycles. The Morgan fingerprint density at radius 2 is 1.76 bits per heavy atom. The molecule has 0 fully saturated rings. The summed E-state index contributed by atoms with van der Waals surface area (Å²) in [6, 6.07) is 22.6. The van der Waals surface area contributed by atoms with E-state index in [1.807, 2.05) is 43.3 Å². The van der Waals surface area contributed by atoms with Gasteiger partial charge in [-0.2, -0.15) is 0 Å². The molecular weight excluding hydrogens is 438 g/mol. The number of amides is 1. The lowest BCUT2D eigenvalue weighted by Crippen LogP contribution is -2.29. The van der Waals surface area contributed by atoms with E-state index in [0.717, 1.165) is 15.3 Å². The molecule has 2 atom stereocenters. The molecule has 2 unspecified atom stereocenters. The number of hydrogen-bond acceptors (Lipinski definition) is 5. The zero-order valence-electron chi connectivity index (χ0n) is 18.1. The summed E-state index contributed by atoms with van der Waals surface area (Å²) in [5.41, 5.74) is 2.21. The van der Waals surface area contributed by atoms with Crippen molar-refractivity contribution in [2.45, 2.75) is 13.0 Å². The Morgan fingerprint density at radius 3 is 2.55 bits per heavy atom. The Kier molecular flexibility index (Phi) is 6.67. The summed E-state index contributed by atoms with van der Waals surface area (Å²) >= 11 is -2.69. The van der Waals surface area contributed by atoms with E-state index in [0.29, 0.717) is 17.0 Å². The second-order valence-corrected chi connectivity index (χ2v) is 8.15. The number of carbonyl (C=O) groups excluding carboxylic acids is 1. The van der Waals surface area contributed by atoms with Gasteiger partial charge in [-0.25, -0.2) is 0 Å². The van der Waals surface area contributed by atoms with Gasteiger partial charge in [0.15, 0.2) is 0 Å². The highest BCUT2D eigenvalue weighted by molar-refractivity contribution is 7.81. The highest BCUT2D eigenvalue weighted by atomic mass is 32.2. The molecule has 1 heterocycles. The van der Waals surface area contributed by atoms with Crippen LogP contribution in [0.5, 0.6) is 5.75 Å². The van der Waals surface area contributed by atoms with Gasteiger partial charge in [-0.3, -0.25) is 18.3 Å². The Hall–Kier alpha value is -3.75. The first kappa shape index (κ1) is 22.4. The Balaban J connectivity index is 1.72. The van der Waals surface area contributed by atoms with E-state index in [9.17, 15) is 13.6 Å². The Bertz CT molecular complexity index is 1320. The van der Waals surface area contributed by atoms with Crippen LogP contribution in [0.4, 0.5) is 11.4 Å². The van der Waals surface area contributed by atoms with Crippen LogP contribution < -0.4 is 14.4 Å². The molecule has 3 aromatic carbocycles. The molecule has 0 saturated carbocycles. The van der Waals surface area contributed by atoms with Gasteiger partial charge in [0.1, 0.15) is 5.75 Å². The molecule has 0 bridgehead atoms. The van der Waals surface area contributed by atoms with Crippen LogP contribution in [0.1, 0.15) is 28.9 Å². The third-order valence-corrected chi connectivity index (χ3v) is 5.98. The van der Waals surface area contributed by atoms with Crippen molar-refractivity contribution in [3.63, 3.8) is 0 Å². The van der Waals surface area contributed by atoms with Gasteiger partial charge >= 0.3 is 0 Å². The molecule has 0 aliphatic heterocycles. The van der Waals surface area contributed by atoms with Crippen molar-refractivity contribution >= 4 is 39.5 Å². The number of aromatic nitrogens is 1. The molecule has 33 heavy (non-hydrogen) atoms. The molecule has 4 aromatic rings. The molecule has 7 nitrogen and oxygen atoms in total. The fraction of sp³-hybridized carbons (Fsp3) is 0.120. The van der Waals surface area contributed by atoms with Gasteiger partial charge in [0.2, 0.25) is 0 Å². The third-order valence-electron chi connectivity index (χ3n) is 5.29. The quantitative estimate of drug-likeness (QED) is 0.405. The molecule has 8 heteroatoms. The molecule has 1 N–H and O–H groups in total. The SMILES string of the molecule is COc1cccc(C(C)NC(=O)c2ccccc2N(c2cccc3cccnc23)S(=O)[O-])c1. The zero-order chi connectivity index (χ0) is 23.4. The van der Waals surface area contributed by atoms with E-state index >= 15 is 0 Å². The maximum Gasteiger partial charge on any atom is 0.253 e. The number of ether oxygens (including phenoxy) is 1. The first-order chi connectivity index (χ1) is 16.0. The summed E-state index contributed by atoms with van der Waals surface area (Å²) < 4.78 is 31.1. The maximum absolute atomic E-state index is 13.2. The molecule has 0 aliphatic carbocycles. The van der Waals surface area contributed by atoms with Crippen LogP contribution in [0.3, 0.4) is 0 Å². The van der Waals surface area contributed by atoms with E-state index in [1.165, 1.54) is 0 Å². The van der Waals surface area contributed by atoms with Crippen LogP contribution in [0.2, 0.25) is 0 Å². The molecule has 1 amide bonds. The van der Waals surface area contributed by atoms with Crippen LogP contribution in [-0.4, -0.2) is 26.8 Å². The van der Waals surface area contributed by atoms with Crippen LogP contribution in [0.15, 0.2) is 85.1 Å². The number of pyridine rings is 1. The van der Waals surface area contributed by atoms with E-state index in [-0.39, 0.29) is 17.3 Å². The third kappa shape index (κ3) is 4.72. The van der Waals surface area contributed by atoms with Crippen molar-refractivity contribution in [1.82, 2.24) is 10.3 Å². The Labute approximate surface area is 194 Å². The number of hydrogen-bond donors (Lipinski definition) is 1. The van der Waals surface area contributed by atoms with Gasteiger partial charge < -0.3 is 14.6 Å². The van der Waals surface area contributed by atoms with Crippen molar-refractivity contribution in [2.24, 2.45) is 0 Å². The number of nitrogens with one attached hydrogen (secondary N) is 1. The number of nitrogens with zero attached hydrogens (tertiary/aromatic N) is 2. The summed E-state index contributed by atoms with van der Waals surface area (Å²) in [5, 5.41) is 3.74. The number of rotatable bonds is 7. The lowest BCUT2D eigenvalue weighted by atomic mass is 10.1. The summed E-state index contributed by atoms with van der Waals surface area (Å²) in [4.78, 5) is 17.6. The predicted molar refractivity (Wildman–Crippen MR) is 128 cm³/mol. The van der Waals surface area contributed by atoms with Gasteiger partial charge in [0.25, 0.3) is 5.91 Å². The van der Waals surface area contributed by atoms with Crippen LogP contribution in [-0.2, 0) is 11.3 Å². The van der Waals surface area contributed by atoms with Gasteiger partial charge in [0.05, 0.1) is 46.9 Å². The minimum Gasteiger partial charge on any atom is -0.755 e. The number of anilines is 2. The van der Waals surface area contributed by atoms with Gasteiger partial charge in [-0.05, 0) is 48.9 Å². The van der Waals surface area contributed by atoms with E-state index in [1.54, 1.807) is 55.8 Å². The van der Waals surface area contributed by atoms with Crippen molar-refractivity contribution < 1.29 is 18.3 Å². The highest BCUT2D eigenvalue weighted by Gasteiger charge is 2.22. The standard InChI is InChI=1S/C25H23N3O4S/c1-17(19-9-5-11-20(16-19)32-2)27-25(29)21-12-3-4-13-22(21)28(33(30)31)23-14-6-8-18-10-7-15-26-24(18)23/h3-17H,1-2H3,(H,27,29)(H,30,31)/p-1. The minimum absolute atomic E-state index is 0.226. The first-order valence-electron chi connectivity index (χ1n) is 10.3. The van der Waals surface area contributed by atoms with E-state index in [2.05, 4.69) is 10.3 Å². The number of fused-ring (bicyclic) bond motifs is 1. The minimum atomic E-state index is -2.69. The smallest absolute Gasteiger partial charge is 0.253 e. The second kappa shape index (κ2) is 9.81. The monoisotopic (exact) mass is 460 g/mol. The number of methoxy groups -OCH3 is 1. The second-order valence-electron chi connectivity index (χ2n) is 7.35. The van der Waals surface area contributed by atoms with Crippen molar-refractivity contribution in [3.05, 3.63) is 96.2 Å². The number of carbonyl (C=O) groups is 1. The molecule has 4 rings (SSSR count). The van der Waals surface area contributed by atoms with Crippen molar-refractivity contribution in [2.75, 3.05) is 11.4 Å². The average Bonchev–Trinajstić information content (AvgIpc) is 2.84. The molecule has 0 spiro atoms. The maximum atomic E-state index is 13.2. The topological polar surface area (TPSA) is 94.6 Å². The van der Waals surface area contributed by atoms with Crippen LogP contribution >= 0.6 is 0 Å². The first-order valence-corrected chi connectivity index (χ1v) is 11.3. The van der Waals surface area contributed by atoms with Crippen molar-refractivity contribution in [1.29, 1.82) is 0 Å². The molecule has 0 saturated heterocycles. The predicted octanol–water partition coefficient (Wildman–Crippen LogP) is 4.67. The fourth-order valence-electron chi connectivity index (χ4n) is 3.65. The van der Waals surface area contributed by atoms with Gasteiger partial charge in [-0.1, -0.05) is 42.5 Å². The molecule has 168 valence electrons. The van der Waals surface area contributed by atoms with E-state index < -0.39 is 17.2 Å². The van der Waals surface area contributed by atoms with E-state index in [4.69, 9.17) is 4.74 Å². The average molecular weight is 461 g/mol. The Morgan fingerprint density at radius 1 is 1.03 bits per heavy atom. The summed E-state index contributed by atoms with van der Waals surface area (Å²) in [6.45, 7) is 1.85. The zero-order valence-corrected chi connectivity index (χ0v) is 18.9. The molecule has 0 aliphatic rings. The van der Waals surface area contributed by atoms with Gasteiger partial charge in [-0.15, -0.1) is 0 Å². The largest absolute Gasteiger partial charge is 0.755 e. The highest BCUT2D eigenvalue weighted by Crippen LogP contribution is 2.34. The normalized spacial score (nSPS) is 12.7. The summed E-state index contributed by atoms with van der Waals surface area (Å²) in [5.74, 6) is 0.287. The number of benzene rings is 3. The van der Waals surface area contributed by atoms with Crippen LogP contribution in [0, 0.1) is 0 Å².